The van der Waals surface area contributed by atoms with E-state index in [1.54, 1.807) is 18.5 Å². The van der Waals surface area contributed by atoms with Gasteiger partial charge in [-0.2, -0.15) is 0 Å². The Morgan fingerprint density at radius 1 is 1.47 bits per heavy atom. The van der Waals surface area contributed by atoms with E-state index in [1.807, 2.05) is 0 Å². The molecular weight excluding hydrogens is 221 g/mol. The Labute approximate surface area is 97.6 Å². The molecule has 0 atom stereocenters. The summed E-state index contributed by atoms with van der Waals surface area (Å²) < 4.78 is 13.3. The zero-order valence-electron chi connectivity index (χ0n) is 9.11. The molecule has 0 bridgehead atoms. The number of nitrogens with zero attached hydrogens (tertiary/aromatic N) is 1. The fourth-order valence-electron chi connectivity index (χ4n) is 1.62. The molecule has 3 N–H and O–H groups in total. The van der Waals surface area contributed by atoms with Crippen LogP contribution < -0.4 is 11.1 Å². The lowest BCUT2D eigenvalue weighted by atomic mass is 10.1. The number of hydrogen-bond donors (Lipinski definition) is 2. The Kier molecular flexibility index (Phi) is 3.30. The van der Waals surface area contributed by atoms with Crippen LogP contribution in [0.2, 0.25) is 0 Å². The van der Waals surface area contributed by atoms with Crippen LogP contribution >= 0.6 is 0 Å². The molecule has 4 nitrogen and oxygen atoms in total. The van der Waals surface area contributed by atoms with Crippen molar-refractivity contribution in [3.05, 3.63) is 36.4 Å². The monoisotopic (exact) mass is 233 g/mol. The molecule has 2 aromatic rings. The van der Waals surface area contributed by atoms with E-state index >= 15 is 0 Å². The van der Waals surface area contributed by atoms with Gasteiger partial charge in [-0.15, -0.1) is 0 Å². The second-order valence-electron chi connectivity index (χ2n) is 3.64. The van der Waals surface area contributed by atoms with Gasteiger partial charge in [0.15, 0.2) is 0 Å². The molecule has 0 aliphatic heterocycles. The quantitative estimate of drug-likeness (QED) is 0.847. The third-order valence-electron chi connectivity index (χ3n) is 2.36. The Bertz CT molecular complexity index is 556. The number of fused-ring (bicyclic) bond motifs is 1. The predicted molar refractivity (Wildman–Crippen MR) is 64.0 cm³/mol. The number of nitrogens with one attached hydrogen (secondary N) is 1. The molecule has 0 aliphatic rings. The van der Waals surface area contributed by atoms with E-state index in [2.05, 4.69) is 10.3 Å². The van der Waals surface area contributed by atoms with Crippen LogP contribution in [0.4, 0.5) is 10.1 Å². The highest BCUT2D eigenvalue weighted by Crippen LogP contribution is 2.24. The normalized spacial score (nSPS) is 10.5. The van der Waals surface area contributed by atoms with Gasteiger partial charge in [0.2, 0.25) is 5.91 Å². The lowest BCUT2D eigenvalue weighted by molar-refractivity contribution is -0.116. The minimum Gasteiger partial charge on any atom is -0.330 e. The first-order chi connectivity index (χ1) is 8.20. The number of nitrogens with two attached hydrogens (primary N) is 1. The first kappa shape index (κ1) is 11.5. The average molecular weight is 233 g/mol. The number of anilines is 1. The first-order valence-corrected chi connectivity index (χ1v) is 5.24. The average Bonchev–Trinajstić information content (AvgIpc) is 2.29. The van der Waals surface area contributed by atoms with E-state index in [-0.39, 0.29) is 18.9 Å². The maximum Gasteiger partial charge on any atom is 0.225 e. The number of aromatic nitrogens is 1. The van der Waals surface area contributed by atoms with Crippen molar-refractivity contribution in [1.82, 2.24) is 4.98 Å². The van der Waals surface area contributed by atoms with Crippen molar-refractivity contribution in [3.63, 3.8) is 0 Å². The third-order valence-corrected chi connectivity index (χ3v) is 2.36. The number of rotatable bonds is 3. The summed E-state index contributed by atoms with van der Waals surface area (Å²) in [7, 11) is 0. The number of carbonyl (C=O) groups excluding carboxylic acids is 1. The molecule has 0 fully saturated rings. The van der Waals surface area contributed by atoms with Crippen LogP contribution in [0.5, 0.6) is 0 Å². The highest BCUT2D eigenvalue weighted by molar-refractivity contribution is 6.01. The molecule has 5 heteroatoms. The fraction of sp³-hybridized carbons (Fsp3) is 0.167. The number of benzene rings is 1. The second-order valence-corrected chi connectivity index (χ2v) is 3.64. The summed E-state index contributed by atoms with van der Waals surface area (Å²) in [6, 6.07) is 4.39. The van der Waals surface area contributed by atoms with Gasteiger partial charge in [0.25, 0.3) is 0 Å². The van der Waals surface area contributed by atoms with Crippen LogP contribution in [0.15, 0.2) is 30.6 Å². The Balaban J connectivity index is 2.42. The van der Waals surface area contributed by atoms with Crippen LogP contribution in [-0.4, -0.2) is 17.4 Å². The largest absolute Gasteiger partial charge is 0.330 e. The van der Waals surface area contributed by atoms with Crippen molar-refractivity contribution in [1.29, 1.82) is 0 Å². The van der Waals surface area contributed by atoms with Crippen LogP contribution in [0.25, 0.3) is 10.8 Å². The van der Waals surface area contributed by atoms with E-state index in [9.17, 15) is 9.18 Å². The molecule has 17 heavy (non-hydrogen) atoms. The number of carbonyl (C=O) groups is 1. The molecule has 0 saturated heterocycles. The number of hydrogen-bond acceptors (Lipinski definition) is 3. The summed E-state index contributed by atoms with van der Waals surface area (Å²) in [5.74, 6) is -0.634. The lowest BCUT2D eigenvalue weighted by Gasteiger charge is -2.08. The van der Waals surface area contributed by atoms with Gasteiger partial charge in [0.05, 0.1) is 5.69 Å². The smallest absolute Gasteiger partial charge is 0.225 e. The fourth-order valence-corrected chi connectivity index (χ4v) is 1.62. The summed E-state index contributed by atoms with van der Waals surface area (Å²) in [6.45, 7) is 0.265. The molecule has 0 radical (unpaired) electrons. The van der Waals surface area contributed by atoms with Gasteiger partial charge in [-0.3, -0.25) is 9.78 Å². The predicted octanol–water partition coefficient (Wildman–Crippen LogP) is 1.66. The SMILES string of the molecule is NCCC(=O)Nc1cc(F)cc2cnccc12. The third kappa shape index (κ3) is 2.57. The van der Waals surface area contributed by atoms with E-state index in [1.165, 1.54) is 12.1 Å². The molecule has 1 amide bonds. The standard InChI is InChI=1S/C12H12FN3O/c13-9-5-8-7-15-4-2-10(8)11(6-9)16-12(17)1-3-14/h2,4-7H,1,3,14H2,(H,16,17). The summed E-state index contributed by atoms with van der Waals surface area (Å²) in [5, 5.41) is 4.04. The Morgan fingerprint density at radius 2 is 2.29 bits per heavy atom. The summed E-state index contributed by atoms with van der Waals surface area (Å²) in [5.41, 5.74) is 5.73. The molecule has 88 valence electrons. The van der Waals surface area contributed by atoms with Crippen molar-refractivity contribution in [2.24, 2.45) is 5.73 Å². The lowest BCUT2D eigenvalue weighted by Crippen LogP contribution is -2.16. The number of pyridine rings is 1. The molecule has 1 heterocycles. The van der Waals surface area contributed by atoms with Crippen LogP contribution in [0.1, 0.15) is 6.42 Å². The topological polar surface area (TPSA) is 68.0 Å². The number of halogens is 1. The zero-order valence-corrected chi connectivity index (χ0v) is 9.11. The van der Waals surface area contributed by atoms with E-state index in [4.69, 9.17) is 5.73 Å². The van der Waals surface area contributed by atoms with Gasteiger partial charge in [0, 0.05) is 36.1 Å². The molecule has 1 aromatic heterocycles. The zero-order chi connectivity index (χ0) is 12.3. The Hall–Kier alpha value is -2.01. The maximum atomic E-state index is 13.3. The van der Waals surface area contributed by atoms with Gasteiger partial charge in [-0.25, -0.2) is 4.39 Å². The summed E-state index contributed by atoms with van der Waals surface area (Å²) in [6.07, 6.45) is 3.36. The highest BCUT2D eigenvalue weighted by Gasteiger charge is 2.07. The number of amides is 1. The van der Waals surface area contributed by atoms with Gasteiger partial charge in [-0.1, -0.05) is 0 Å². The van der Waals surface area contributed by atoms with Crippen molar-refractivity contribution in [2.45, 2.75) is 6.42 Å². The van der Waals surface area contributed by atoms with Crippen LogP contribution in [0.3, 0.4) is 0 Å². The van der Waals surface area contributed by atoms with Crippen LogP contribution in [0, 0.1) is 5.82 Å². The molecule has 0 unspecified atom stereocenters. The molecule has 0 spiro atoms. The Morgan fingerprint density at radius 3 is 3.06 bits per heavy atom. The van der Waals surface area contributed by atoms with Crippen molar-refractivity contribution >= 4 is 22.4 Å². The second kappa shape index (κ2) is 4.88. The molecule has 0 aliphatic carbocycles. The maximum absolute atomic E-state index is 13.3. The van der Waals surface area contributed by atoms with Crippen molar-refractivity contribution in [3.8, 4) is 0 Å². The summed E-state index contributed by atoms with van der Waals surface area (Å²) in [4.78, 5) is 15.3. The molecular formula is C12H12FN3O. The molecule has 0 saturated carbocycles. The van der Waals surface area contributed by atoms with Crippen LogP contribution in [-0.2, 0) is 4.79 Å². The van der Waals surface area contributed by atoms with Crippen molar-refractivity contribution in [2.75, 3.05) is 11.9 Å². The van der Waals surface area contributed by atoms with Gasteiger partial charge in [-0.05, 0) is 18.2 Å². The van der Waals surface area contributed by atoms with E-state index in [0.717, 1.165) is 5.39 Å². The van der Waals surface area contributed by atoms with Gasteiger partial charge in [0.1, 0.15) is 5.82 Å². The minimum absolute atomic E-state index is 0.211. The van der Waals surface area contributed by atoms with E-state index in [0.29, 0.717) is 11.1 Å². The summed E-state index contributed by atoms with van der Waals surface area (Å²) >= 11 is 0. The first-order valence-electron chi connectivity index (χ1n) is 5.24. The highest BCUT2D eigenvalue weighted by atomic mass is 19.1. The van der Waals surface area contributed by atoms with Crippen molar-refractivity contribution < 1.29 is 9.18 Å². The minimum atomic E-state index is -0.409. The van der Waals surface area contributed by atoms with Gasteiger partial charge < -0.3 is 11.1 Å². The van der Waals surface area contributed by atoms with E-state index < -0.39 is 5.82 Å². The van der Waals surface area contributed by atoms with Gasteiger partial charge >= 0.3 is 0 Å². The molecule has 2 rings (SSSR count). The molecule has 1 aromatic carbocycles.